The number of hydrogen-bond acceptors (Lipinski definition) is 7. The fraction of sp³-hybridized carbons (Fsp3) is 0.136. The van der Waals surface area contributed by atoms with Gasteiger partial charge in [-0.2, -0.15) is 0 Å². The number of nitrogens with two attached hydrogens (primary N) is 2. The first-order valence-electron chi connectivity index (χ1n) is 9.19. The number of nitrogens with zero attached hydrogens (tertiary/aromatic N) is 3. The zero-order chi connectivity index (χ0) is 20.2. The summed E-state index contributed by atoms with van der Waals surface area (Å²) in [6, 6.07) is 19.1. The topological polar surface area (TPSA) is 113 Å². The zero-order valence-electron chi connectivity index (χ0n) is 16.0. The lowest BCUT2D eigenvalue weighted by Crippen LogP contribution is -1.99. The van der Waals surface area contributed by atoms with Crippen molar-refractivity contribution in [3.63, 3.8) is 0 Å². The summed E-state index contributed by atoms with van der Waals surface area (Å²) in [5, 5.41) is 4.13. The monoisotopic (exact) mass is 387 g/mol. The maximum Gasteiger partial charge on any atom is 0.170 e. The van der Waals surface area contributed by atoms with Crippen molar-refractivity contribution in [2.45, 2.75) is 20.0 Å². The van der Waals surface area contributed by atoms with E-state index in [4.69, 9.17) is 20.7 Å². The molecule has 0 aliphatic rings. The van der Waals surface area contributed by atoms with Gasteiger partial charge in [0.15, 0.2) is 5.76 Å². The molecule has 3 heterocycles. The molecule has 0 atom stereocenters. The maximum atomic E-state index is 5.91. The smallest absolute Gasteiger partial charge is 0.170 e. The van der Waals surface area contributed by atoms with Gasteiger partial charge in [0.1, 0.15) is 24.0 Å². The highest BCUT2D eigenvalue weighted by Crippen LogP contribution is 2.27. The minimum atomic E-state index is 0.317. The van der Waals surface area contributed by atoms with Crippen molar-refractivity contribution >= 4 is 11.6 Å². The Morgan fingerprint density at radius 1 is 0.931 bits per heavy atom. The molecule has 0 radical (unpaired) electrons. The Labute approximate surface area is 168 Å². The molecule has 0 aliphatic carbocycles. The molecule has 0 fully saturated rings. The predicted molar refractivity (Wildman–Crippen MR) is 111 cm³/mol. The van der Waals surface area contributed by atoms with Gasteiger partial charge in [0.05, 0.1) is 17.0 Å². The van der Waals surface area contributed by atoms with Crippen LogP contribution in [0.3, 0.4) is 0 Å². The molecule has 0 saturated heterocycles. The fourth-order valence-electron chi connectivity index (χ4n) is 2.97. The molecular formula is C22H21N5O2. The van der Waals surface area contributed by atoms with E-state index in [0.29, 0.717) is 36.0 Å². The van der Waals surface area contributed by atoms with Crippen LogP contribution in [-0.4, -0.2) is 15.1 Å². The third kappa shape index (κ3) is 4.52. The average molecular weight is 387 g/mol. The SMILES string of the molecule is Cc1cccc(COc2ccc(Cc3cc(-c4ccc(N)nc4N)on3)cc2)n1. The number of nitrogen functional groups attached to an aromatic ring is 2. The summed E-state index contributed by atoms with van der Waals surface area (Å²) in [4.78, 5) is 8.48. The molecule has 0 amide bonds. The molecular weight excluding hydrogens is 366 g/mol. The number of hydrogen-bond donors (Lipinski definition) is 2. The van der Waals surface area contributed by atoms with E-state index in [2.05, 4.69) is 15.1 Å². The van der Waals surface area contributed by atoms with E-state index in [0.717, 1.165) is 28.4 Å². The maximum absolute atomic E-state index is 5.91. The highest BCUT2D eigenvalue weighted by Gasteiger charge is 2.11. The predicted octanol–water partition coefficient (Wildman–Crippen LogP) is 3.77. The van der Waals surface area contributed by atoms with Crippen molar-refractivity contribution in [3.8, 4) is 17.1 Å². The third-order valence-electron chi connectivity index (χ3n) is 4.41. The van der Waals surface area contributed by atoms with Gasteiger partial charge < -0.3 is 20.7 Å². The lowest BCUT2D eigenvalue weighted by atomic mass is 10.1. The van der Waals surface area contributed by atoms with Crippen molar-refractivity contribution in [2.24, 2.45) is 0 Å². The van der Waals surface area contributed by atoms with Crippen LogP contribution in [0.4, 0.5) is 11.6 Å². The first-order valence-corrected chi connectivity index (χ1v) is 9.19. The van der Waals surface area contributed by atoms with E-state index in [9.17, 15) is 0 Å². The summed E-state index contributed by atoms with van der Waals surface area (Å²) in [5.74, 6) is 2.04. The van der Waals surface area contributed by atoms with Gasteiger partial charge in [0.2, 0.25) is 0 Å². The van der Waals surface area contributed by atoms with Gasteiger partial charge in [0.25, 0.3) is 0 Å². The van der Waals surface area contributed by atoms with E-state index >= 15 is 0 Å². The quantitative estimate of drug-likeness (QED) is 0.517. The Morgan fingerprint density at radius 2 is 1.76 bits per heavy atom. The molecule has 0 unspecified atom stereocenters. The lowest BCUT2D eigenvalue weighted by molar-refractivity contribution is 0.301. The van der Waals surface area contributed by atoms with Crippen LogP contribution in [0.2, 0.25) is 0 Å². The van der Waals surface area contributed by atoms with E-state index in [-0.39, 0.29) is 0 Å². The highest BCUT2D eigenvalue weighted by atomic mass is 16.5. The van der Waals surface area contributed by atoms with Crippen LogP contribution in [0.1, 0.15) is 22.6 Å². The number of ether oxygens (including phenoxy) is 1. The van der Waals surface area contributed by atoms with E-state index in [1.807, 2.05) is 55.5 Å². The van der Waals surface area contributed by atoms with Crippen molar-refractivity contribution in [3.05, 3.63) is 83.3 Å². The average Bonchev–Trinajstić information content (AvgIpc) is 3.16. The molecule has 4 N–H and O–H groups in total. The number of aryl methyl sites for hydroxylation is 1. The van der Waals surface area contributed by atoms with Crippen LogP contribution in [-0.2, 0) is 13.0 Å². The van der Waals surface area contributed by atoms with Crippen LogP contribution < -0.4 is 16.2 Å². The Kier molecular flexibility index (Phi) is 5.11. The summed E-state index contributed by atoms with van der Waals surface area (Å²) in [6.07, 6.45) is 0.630. The molecule has 7 nitrogen and oxygen atoms in total. The Bertz CT molecular complexity index is 1120. The standard InChI is InChI=1S/C22H21N5O2/c1-14-3-2-4-16(25-14)13-28-18-7-5-15(6-8-18)11-17-12-20(29-27-17)19-9-10-21(23)26-22(19)24/h2-10,12H,11,13H2,1H3,(H4,23,24,26). The zero-order valence-corrected chi connectivity index (χ0v) is 16.0. The molecule has 4 aromatic rings. The molecule has 4 rings (SSSR count). The van der Waals surface area contributed by atoms with E-state index in [1.54, 1.807) is 12.1 Å². The first kappa shape index (κ1) is 18.5. The second-order valence-corrected chi connectivity index (χ2v) is 6.73. The molecule has 29 heavy (non-hydrogen) atoms. The summed E-state index contributed by atoms with van der Waals surface area (Å²) >= 11 is 0. The van der Waals surface area contributed by atoms with Crippen molar-refractivity contribution in [2.75, 3.05) is 11.5 Å². The van der Waals surface area contributed by atoms with Gasteiger partial charge in [-0.15, -0.1) is 0 Å². The Morgan fingerprint density at radius 3 is 2.52 bits per heavy atom. The van der Waals surface area contributed by atoms with Gasteiger partial charge in [0, 0.05) is 18.2 Å². The van der Waals surface area contributed by atoms with Crippen LogP contribution in [0, 0.1) is 6.92 Å². The molecule has 0 bridgehead atoms. The van der Waals surface area contributed by atoms with Crippen molar-refractivity contribution < 1.29 is 9.26 Å². The minimum absolute atomic E-state index is 0.317. The van der Waals surface area contributed by atoms with Gasteiger partial charge in [-0.25, -0.2) is 4.98 Å². The van der Waals surface area contributed by atoms with Crippen LogP contribution in [0.5, 0.6) is 5.75 Å². The minimum Gasteiger partial charge on any atom is -0.487 e. The molecule has 0 saturated carbocycles. The molecule has 3 aromatic heterocycles. The van der Waals surface area contributed by atoms with Gasteiger partial charge >= 0.3 is 0 Å². The largest absolute Gasteiger partial charge is 0.487 e. The summed E-state index contributed by atoms with van der Waals surface area (Å²) in [5.41, 5.74) is 16.0. The number of anilines is 2. The second kappa shape index (κ2) is 8.02. The Hall–Kier alpha value is -3.87. The van der Waals surface area contributed by atoms with Crippen molar-refractivity contribution in [1.82, 2.24) is 15.1 Å². The van der Waals surface area contributed by atoms with Gasteiger partial charge in [-0.1, -0.05) is 23.4 Å². The summed E-state index contributed by atoms with van der Waals surface area (Å²) in [7, 11) is 0. The van der Waals surface area contributed by atoms with Gasteiger partial charge in [-0.05, 0) is 48.9 Å². The summed E-state index contributed by atoms with van der Waals surface area (Å²) < 4.78 is 11.2. The molecule has 1 aromatic carbocycles. The van der Waals surface area contributed by atoms with Crippen LogP contribution >= 0.6 is 0 Å². The number of benzene rings is 1. The Balaban J connectivity index is 1.39. The number of rotatable bonds is 6. The summed E-state index contributed by atoms with van der Waals surface area (Å²) in [6.45, 7) is 2.40. The van der Waals surface area contributed by atoms with E-state index < -0.39 is 0 Å². The number of pyridine rings is 2. The highest BCUT2D eigenvalue weighted by molar-refractivity contribution is 5.71. The van der Waals surface area contributed by atoms with Gasteiger partial charge in [-0.3, -0.25) is 4.98 Å². The van der Waals surface area contributed by atoms with Crippen LogP contribution in [0.15, 0.2) is 65.2 Å². The number of aromatic nitrogens is 3. The van der Waals surface area contributed by atoms with Crippen LogP contribution in [0.25, 0.3) is 11.3 Å². The van der Waals surface area contributed by atoms with Crippen molar-refractivity contribution in [1.29, 1.82) is 0 Å². The first-order chi connectivity index (χ1) is 14.1. The normalized spacial score (nSPS) is 10.8. The molecule has 0 aliphatic heterocycles. The third-order valence-corrected chi connectivity index (χ3v) is 4.41. The molecule has 146 valence electrons. The molecule has 7 heteroatoms. The second-order valence-electron chi connectivity index (χ2n) is 6.73. The van der Waals surface area contributed by atoms with E-state index in [1.165, 1.54) is 0 Å². The lowest BCUT2D eigenvalue weighted by Gasteiger charge is -2.07. The molecule has 0 spiro atoms. The fourth-order valence-corrected chi connectivity index (χ4v) is 2.97.